The number of carbonyl (C=O) groups excluding carboxylic acids is 1. The van der Waals surface area contributed by atoms with Crippen molar-refractivity contribution >= 4 is 22.4 Å². The average molecular weight is 322 g/mol. The molecular weight excluding hydrogens is 296 g/mol. The van der Waals surface area contributed by atoms with Crippen LogP contribution < -0.4 is 10.2 Å². The molecule has 122 valence electrons. The summed E-state index contributed by atoms with van der Waals surface area (Å²) < 4.78 is 0. The van der Waals surface area contributed by atoms with Crippen LogP contribution in [0.1, 0.15) is 39.0 Å². The molecule has 1 amide bonds. The van der Waals surface area contributed by atoms with Gasteiger partial charge in [-0.3, -0.25) is 9.69 Å². The molecule has 2 heterocycles. The zero-order valence-corrected chi connectivity index (χ0v) is 14.1. The van der Waals surface area contributed by atoms with Gasteiger partial charge in [-0.05, 0) is 19.8 Å². The van der Waals surface area contributed by atoms with Gasteiger partial charge in [-0.15, -0.1) is 11.3 Å². The number of hydrogen-bond acceptors (Lipinski definition) is 5. The van der Waals surface area contributed by atoms with Crippen molar-refractivity contribution in [1.29, 1.82) is 0 Å². The summed E-state index contributed by atoms with van der Waals surface area (Å²) in [5, 5.41) is 6.32. The summed E-state index contributed by atoms with van der Waals surface area (Å²) in [6.45, 7) is 6.14. The Morgan fingerprint density at radius 2 is 2.23 bits per heavy atom. The van der Waals surface area contributed by atoms with Gasteiger partial charge in [0, 0.05) is 56.3 Å². The van der Waals surface area contributed by atoms with Crippen LogP contribution in [0.4, 0.5) is 5.13 Å². The molecule has 22 heavy (non-hydrogen) atoms. The normalized spacial score (nSPS) is 23.9. The lowest BCUT2D eigenvalue weighted by Crippen LogP contribution is -2.52. The maximum absolute atomic E-state index is 12.0. The van der Waals surface area contributed by atoms with E-state index in [4.69, 9.17) is 0 Å². The summed E-state index contributed by atoms with van der Waals surface area (Å²) in [7, 11) is 0. The van der Waals surface area contributed by atoms with Crippen LogP contribution in [0.15, 0.2) is 11.6 Å². The smallest absolute Gasteiger partial charge is 0.221 e. The van der Waals surface area contributed by atoms with E-state index < -0.39 is 0 Å². The molecule has 1 aliphatic carbocycles. The van der Waals surface area contributed by atoms with Gasteiger partial charge in [0.25, 0.3) is 0 Å². The van der Waals surface area contributed by atoms with Gasteiger partial charge in [0.1, 0.15) is 0 Å². The van der Waals surface area contributed by atoms with Crippen LogP contribution in [0.25, 0.3) is 0 Å². The predicted octanol–water partition coefficient (Wildman–Crippen LogP) is 2.10. The minimum Gasteiger partial charge on any atom is -0.353 e. The number of carbonyl (C=O) groups is 1. The number of anilines is 1. The van der Waals surface area contributed by atoms with Crippen molar-refractivity contribution in [2.75, 3.05) is 31.1 Å². The Labute approximate surface area is 136 Å². The van der Waals surface area contributed by atoms with Crippen molar-refractivity contribution in [3.63, 3.8) is 0 Å². The molecule has 1 aromatic rings. The molecule has 0 aromatic carbocycles. The first kappa shape index (κ1) is 15.7. The van der Waals surface area contributed by atoms with Gasteiger partial charge >= 0.3 is 0 Å². The lowest BCUT2D eigenvalue weighted by atomic mass is 10.2. The van der Waals surface area contributed by atoms with E-state index in [1.807, 2.05) is 11.6 Å². The summed E-state index contributed by atoms with van der Waals surface area (Å²) in [4.78, 5) is 21.2. The second kappa shape index (κ2) is 7.42. The minimum atomic E-state index is 0.224. The van der Waals surface area contributed by atoms with E-state index in [2.05, 4.69) is 27.0 Å². The molecular formula is C16H26N4OS. The minimum absolute atomic E-state index is 0.224. The highest BCUT2D eigenvalue weighted by Crippen LogP contribution is 2.22. The standard InChI is InChI=1S/C16H26N4OS/c1-13-12-19(9-10-20(13)16-17-7-11-22-16)8-6-15(21)18-14-4-2-3-5-14/h7,11,13-14H,2-6,8-10,12H2,1H3,(H,18,21)/t13-/m0/s1. The molecule has 1 atom stereocenters. The Morgan fingerprint density at radius 1 is 1.41 bits per heavy atom. The van der Waals surface area contributed by atoms with E-state index >= 15 is 0 Å². The number of nitrogens with zero attached hydrogens (tertiary/aromatic N) is 3. The first-order valence-corrected chi connectivity index (χ1v) is 9.28. The lowest BCUT2D eigenvalue weighted by Gasteiger charge is -2.39. The fraction of sp³-hybridized carbons (Fsp3) is 0.750. The van der Waals surface area contributed by atoms with Gasteiger partial charge in [0.05, 0.1) is 0 Å². The Kier molecular flexibility index (Phi) is 5.31. The number of aromatic nitrogens is 1. The largest absolute Gasteiger partial charge is 0.353 e. The molecule has 0 radical (unpaired) electrons. The van der Waals surface area contributed by atoms with Gasteiger partial charge in [-0.1, -0.05) is 12.8 Å². The third-order valence-electron chi connectivity index (χ3n) is 4.75. The number of nitrogens with one attached hydrogen (secondary N) is 1. The zero-order chi connectivity index (χ0) is 15.4. The molecule has 3 rings (SSSR count). The Bertz CT molecular complexity index is 473. The molecule has 1 aliphatic heterocycles. The molecule has 0 unspecified atom stereocenters. The van der Waals surface area contributed by atoms with Crippen molar-refractivity contribution in [2.24, 2.45) is 0 Å². The summed E-state index contributed by atoms with van der Waals surface area (Å²) in [5.74, 6) is 0.224. The number of hydrogen-bond donors (Lipinski definition) is 1. The van der Waals surface area contributed by atoms with Crippen molar-refractivity contribution < 1.29 is 4.79 Å². The van der Waals surface area contributed by atoms with Gasteiger partial charge in [0.15, 0.2) is 5.13 Å². The maximum Gasteiger partial charge on any atom is 0.221 e. The topological polar surface area (TPSA) is 48.5 Å². The Morgan fingerprint density at radius 3 is 2.91 bits per heavy atom. The van der Waals surface area contributed by atoms with Gasteiger partial charge < -0.3 is 10.2 Å². The molecule has 2 aliphatic rings. The van der Waals surface area contributed by atoms with Crippen LogP contribution in [-0.4, -0.2) is 54.1 Å². The summed E-state index contributed by atoms with van der Waals surface area (Å²) in [6, 6.07) is 0.894. The monoisotopic (exact) mass is 322 g/mol. The number of amides is 1. The SMILES string of the molecule is C[C@H]1CN(CCC(=O)NC2CCCC2)CCN1c1nccs1. The average Bonchev–Trinajstić information content (AvgIpc) is 3.18. The number of piperazine rings is 1. The van der Waals surface area contributed by atoms with Gasteiger partial charge in [-0.2, -0.15) is 0 Å². The quantitative estimate of drug-likeness (QED) is 0.902. The predicted molar refractivity (Wildman–Crippen MR) is 90.4 cm³/mol. The first-order chi connectivity index (χ1) is 10.7. The van der Waals surface area contributed by atoms with E-state index in [9.17, 15) is 4.79 Å². The molecule has 6 heteroatoms. The summed E-state index contributed by atoms with van der Waals surface area (Å²) >= 11 is 1.70. The second-order valence-electron chi connectivity index (χ2n) is 6.46. The van der Waals surface area contributed by atoms with Crippen LogP contribution >= 0.6 is 11.3 Å². The highest BCUT2D eigenvalue weighted by Gasteiger charge is 2.25. The van der Waals surface area contributed by atoms with Crippen LogP contribution in [0.5, 0.6) is 0 Å². The Balaban J connectivity index is 1.40. The summed E-state index contributed by atoms with van der Waals surface area (Å²) in [6.07, 6.45) is 7.35. The van der Waals surface area contributed by atoms with Gasteiger partial charge in [0.2, 0.25) is 5.91 Å². The van der Waals surface area contributed by atoms with Crippen molar-refractivity contribution in [3.05, 3.63) is 11.6 Å². The summed E-state index contributed by atoms with van der Waals surface area (Å²) in [5.41, 5.74) is 0. The fourth-order valence-corrected chi connectivity index (χ4v) is 4.28. The van der Waals surface area contributed by atoms with Crippen molar-refractivity contribution in [1.82, 2.24) is 15.2 Å². The van der Waals surface area contributed by atoms with E-state index in [1.54, 1.807) is 11.3 Å². The molecule has 1 N–H and O–H groups in total. The third-order valence-corrected chi connectivity index (χ3v) is 5.56. The van der Waals surface area contributed by atoms with E-state index in [-0.39, 0.29) is 5.91 Å². The highest BCUT2D eigenvalue weighted by molar-refractivity contribution is 7.13. The van der Waals surface area contributed by atoms with Crippen LogP contribution in [0, 0.1) is 0 Å². The molecule has 2 fully saturated rings. The third kappa shape index (κ3) is 3.98. The highest BCUT2D eigenvalue weighted by atomic mass is 32.1. The van der Waals surface area contributed by atoms with Crippen molar-refractivity contribution in [2.45, 2.75) is 51.1 Å². The first-order valence-electron chi connectivity index (χ1n) is 8.40. The van der Waals surface area contributed by atoms with Crippen LogP contribution in [0.2, 0.25) is 0 Å². The number of rotatable bonds is 5. The Hall–Kier alpha value is -1.14. The molecule has 0 spiro atoms. The van der Waals surface area contributed by atoms with Crippen molar-refractivity contribution in [3.8, 4) is 0 Å². The maximum atomic E-state index is 12.0. The van der Waals surface area contributed by atoms with E-state index in [0.29, 0.717) is 18.5 Å². The van der Waals surface area contributed by atoms with E-state index in [0.717, 1.165) is 44.2 Å². The van der Waals surface area contributed by atoms with Crippen LogP contribution in [0.3, 0.4) is 0 Å². The molecule has 1 saturated heterocycles. The van der Waals surface area contributed by atoms with E-state index in [1.165, 1.54) is 12.8 Å². The zero-order valence-electron chi connectivity index (χ0n) is 13.3. The lowest BCUT2D eigenvalue weighted by molar-refractivity contribution is -0.122. The van der Waals surface area contributed by atoms with Crippen LogP contribution in [-0.2, 0) is 4.79 Å². The molecule has 5 nitrogen and oxygen atoms in total. The van der Waals surface area contributed by atoms with Gasteiger partial charge in [-0.25, -0.2) is 4.98 Å². The second-order valence-corrected chi connectivity index (χ2v) is 7.33. The number of thiazole rings is 1. The molecule has 1 aromatic heterocycles. The molecule has 0 bridgehead atoms. The fourth-order valence-electron chi connectivity index (χ4n) is 3.51. The molecule has 1 saturated carbocycles.